The van der Waals surface area contributed by atoms with Crippen molar-refractivity contribution in [3.05, 3.63) is 0 Å². The van der Waals surface area contributed by atoms with Gasteiger partial charge in [0.25, 0.3) is 0 Å². The molecule has 0 saturated carbocycles. The lowest BCUT2D eigenvalue weighted by Crippen LogP contribution is -2.19. The Balaban J connectivity index is 2.60. The Morgan fingerprint density at radius 3 is 2.30 bits per heavy atom. The van der Waals surface area contributed by atoms with Gasteiger partial charge in [0.15, 0.2) is 0 Å². The van der Waals surface area contributed by atoms with Gasteiger partial charge >= 0.3 is 0 Å². The number of hydrogen-bond acceptors (Lipinski definition) is 2. The standard InChI is InChI=1S/C8H15NO/c1-6-5-7(9-10-6)8(2,3)4/h6H,5H2,1-4H3. The fourth-order valence-electron chi connectivity index (χ4n) is 0.944. The Morgan fingerprint density at radius 1 is 1.50 bits per heavy atom. The molecule has 0 amide bonds. The van der Waals surface area contributed by atoms with Gasteiger partial charge in [-0.2, -0.15) is 0 Å². The normalized spacial score (nSPS) is 26.0. The molecule has 10 heavy (non-hydrogen) atoms. The van der Waals surface area contributed by atoms with Crippen LogP contribution in [0.3, 0.4) is 0 Å². The summed E-state index contributed by atoms with van der Waals surface area (Å²) in [4.78, 5) is 5.08. The summed E-state index contributed by atoms with van der Waals surface area (Å²) < 4.78 is 0. The molecule has 0 aromatic heterocycles. The van der Waals surface area contributed by atoms with E-state index in [1.54, 1.807) is 0 Å². The van der Waals surface area contributed by atoms with Crippen LogP contribution in [0.25, 0.3) is 0 Å². The molecule has 58 valence electrons. The van der Waals surface area contributed by atoms with Gasteiger partial charge in [0.1, 0.15) is 6.10 Å². The molecule has 2 nitrogen and oxygen atoms in total. The van der Waals surface area contributed by atoms with E-state index in [9.17, 15) is 0 Å². The number of oxime groups is 1. The Morgan fingerprint density at radius 2 is 2.10 bits per heavy atom. The first-order chi connectivity index (χ1) is 4.50. The summed E-state index contributed by atoms with van der Waals surface area (Å²) in [6, 6.07) is 0. The molecule has 1 heterocycles. The van der Waals surface area contributed by atoms with Crippen LogP contribution in [0.2, 0.25) is 0 Å². The third-order valence-electron chi connectivity index (χ3n) is 1.69. The lowest BCUT2D eigenvalue weighted by atomic mass is 9.87. The highest BCUT2D eigenvalue weighted by molar-refractivity contribution is 5.90. The quantitative estimate of drug-likeness (QED) is 0.506. The molecule has 1 rings (SSSR count). The fourth-order valence-corrected chi connectivity index (χ4v) is 0.944. The van der Waals surface area contributed by atoms with Crippen LogP contribution in [0.1, 0.15) is 34.1 Å². The summed E-state index contributed by atoms with van der Waals surface area (Å²) in [5.74, 6) is 0. The van der Waals surface area contributed by atoms with Crippen molar-refractivity contribution in [1.82, 2.24) is 0 Å². The van der Waals surface area contributed by atoms with Gasteiger partial charge in [-0.25, -0.2) is 0 Å². The van der Waals surface area contributed by atoms with Crippen LogP contribution in [-0.2, 0) is 4.84 Å². The zero-order chi connectivity index (χ0) is 7.78. The first-order valence-corrected chi connectivity index (χ1v) is 3.73. The van der Waals surface area contributed by atoms with Gasteiger partial charge < -0.3 is 4.84 Å². The van der Waals surface area contributed by atoms with Crippen molar-refractivity contribution >= 4 is 5.71 Å². The highest BCUT2D eigenvalue weighted by Gasteiger charge is 2.26. The average Bonchev–Trinajstić information content (AvgIpc) is 2.11. The highest BCUT2D eigenvalue weighted by atomic mass is 16.6. The molecule has 0 aromatic rings. The minimum atomic E-state index is 0.185. The minimum absolute atomic E-state index is 0.185. The Kier molecular flexibility index (Phi) is 1.71. The van der Waals surface area contributed by atoms with E-state index < -0.39 is 0 Å². The van der Waals surface area contributed by atoms with Crippen molar-refractivity contribution in [1.29, 1.82) is 0 Å². The molecular weight excluding hydrogens is 126 g/mol. The van der Waals surface area contributed by atoms with E-state index in [-0.39, 0.29) is 11.5 Å². The molecule has 0 bridgehead atoms. The second-order valence-corrected chi connectivity index (χ2v) is 3.91. The van der Waals surface area contributed by atoms with Crippen LogP contribution in [0.15, 0.2) is 5.16 Å². The molecule has 0 N–H and O–H groups in total. The molecular formula is C8H15NO. The van der Waals surface area contributed by atoms with Crippen molar-refractivity contribution in [2.45, 2.75) is 40.2 Å². The van der Waals surface area contributed by atoms with Gasteiger partial charge in [0, 0.05) is 11.8 Å². The monoisotopic (exact) mass is 141 g/mol. The molecule has 1 aliphatic heterocycles. The molecule has 1 unspecified atom stereocenters. The smallest absolute Gasteiger partial charge is 0.130 e. The maximum Gasteiger partial charge on any atom is 0.130 e. The Bertz CT molecular complexity index is 155. The zero-order valence-electron chi connectivity index (χ0n) is 7.14. The SMILES string of the molecule is CC1CC(C(C)(C)C)=NO1. The van der Waals surface area contributed by atoms with E-state index in [4.69, 9.17) is 4.84 Å². The van der Waals surface area contributed by atoms with Crippen LogP contribution >= 0.6 is 0 Å². The van der Waals surface area contributed by atoms with Crippen LogP contribution in [0, 0.1) is 5.41 Å². The topological polar surface area (TPSA) is 21.6 Å². The first-order valence-electron chi connectivity index (χ1n) is 3.73. The summed E-state index contributed by atoms with van der Waals surface area (Å²) in [5, 5.41) is 4.00. The number of rotatable bonds is 0. The van der Waals surface area contributed by atoms with E-state index in [1.807, 2.05) is 6.92 Å². The Hall–Kier alpha value is -0.530. The van der Waals surface area contributed by atoms with Crippen LogP contribution in [-0.4, -0.2) is 11.8 Å². The molecule has 1 atom stereocenters. The van der Waals surface area contributed by atoms with Crippen molar-refractivity contribution < 1.29 is 4.84 Å². The van der Waals surface area contributed by atoms with Crippen LogP contribution in [0.5, 0.6) is 0 Å². The van der Waals surface area contributed by atoms with Crippen molar-refractivity contribution in [2.75, 3.05) is 0 Å². The van der Waals surface area contributed by atoms with E-state index in [0.717, 1.165) is 6.42 Å². The van der Waals surface area contributed by atoms with E-state index in [1.165, 1.54) is 5.71 Å². The van der Waals surface area contributed by atoms with E-state index in [2.05, 4.69) is 25.9 Å². The van der Waals surface area contributed by atoms with E-state index >= 15 is 0 Å². The van der Waals surface area contributed by atoms with Gasteiger partial charge in [0.2, 0.25) is 0 Å². The molecule has 0 radical (unpaired) electrons. The van der Waals surface area contributed by atoms with Crippen molar-refractivity contribution in [3.63, 3.8) is 0 Å². The second-order valence-electron chi connectivity index (χ2n) is 3.91. The van der Waals surface area contributed by atoms with Crippen LogP contribution < -0.4 is 0 Å². The van der Waals surface area contributed by atoms with Crippen LogP contribution in [0.4, 0.5) is 0 Å². The maximum atomic E-state index is 5.08. The molecule has 2 heteroatoms. The van der Waals surface area contributed by atoms with Crippen molar-refractivity contribution in [2.24, 2.45) is 10.6 Å². The highest BCUT2D eigenvalue weighted by Crippen LogP contribution is 2.24. The lowest BCUT2D eigenvalue weighted by Gasteiger charge is -2.15. The summed E-state index contributed by atoms with van der Waals surface area (Å²) in [6.45, 7) is 8.52. The largest absolute Gasteiger partial charge is 0.392 e. The summed E-state index contributed by atoms with van der Waals surface area (Å²) in [6.07, 6.45) is 1.28. The lowest BCUT2D eigenvalue weighted by molar-refractivity contribution is 0.0994. The molecule has 0 spiro atoms. The third kappa shape index (κ3) is 1.49. The molecule has 0 fully saturated rings. The van der Waals surface area contributed by atoms with Gasteiger partial charge in [-0.05, 0) is 6.92 Å². The number of nitrogens with zero attached hydrogens (tertiary/aromatic N) is 1. The predicted octanol–water partition coefficient (Wildman–Crippen LogP) is 2.20. The van der Waals surface area contributed by atoms with Gasteiger partial charge in [0.05, 0.1) is 5.71 Å². The molecule has 0 saturated heterocycles. The van der Waals surface area contributed by atoms with E-state index in [0.29, 0.717) is 0 Å². The van der Waals surface area contributed by atoms with Crippen molar-refractivity contribution in [3.8, 4) is 0 Å². The molecule has 1 aliphatic rings. The fraction of sp³-hybridized carbons (Fsp3) is 0.875. The van der Waals surface area contributed by atoms with Gasteiger partial charge in [-0.1, -0.05) is 25.9 Å². The summed E-state index contributed by atoms with van der Waals surface area (Å²) in [7, 11) is 0. The first kappa shape index (κ1) is 7.58. The predicted molar refractivity (Wildman–Crippen MR) is 42.1 cm³/mol. The zero-order valence-corrected chi connectivity index (χ0v) is 7.14. The maximum absolute atomic E-state index is 5.08. The summed E-state index contributed by atoms with van der Waals surface area (Å²) in [5.41, 5.74) is 1.37. The molecule has 0 aliphatic carbocycles. The van der Waals surface area contributed by atoms with Gasteiger partial charge in [-0.3, -0.25) is 0 Å². The Labute approximate surface area is 62.3 Å². The average molecular weight is 141 g/mol. The molecule has 0 aromatic carbocycles. The number of hydrogen-bond donors (Lipinski definition) is 0. The summed E-state index contributed by atoms with van der Waals surface area (Å²) >= 11 is 0. The minimum Gasteiger partial charge on any atom is -0.392 e. The second kappa shape index (κ2) is 2.26. The third-order valence-corrected chi connectivity index (χ3v) is 1.69. The van der Waals surface area contributed by atoms with Gasteiger partial charge in [-0.15, -0.1) is 0 Å².